The summed E-state index contributed by atoms with van der Waals surface area (Å²) in [4.78, 5) is 14.1. The number of amides is 2. The molecule has 2 fully saturated rings. The van der Waals surface area contributed by atoms with E-state index in [1.807, 2.05) is 4.90 Å². The largest absolute Gasteiger partial charge is 0.335 e. The molecule has 92 valence electrons. The van der Waals surface area contributed by atoms with Crippen molar-refractivity contribution < 1.29 is 4.79 Å². The maximum Gasteiger partial charge on any atom is 0.317 e. The Kier molecular flexibility index (Phi) is 4.04. The molecule has 0 radical (unpaired) electrons. The average molecular weight is 225 g/mol. The summed E-state index contributed by atoms with van der Waals surface area (Å²) in [5.74, 6) is 0. The van der Waals surface area contributed by atoms with Crippen molar-refractivity contribution in [1.29, 1.82) is 0 Å². The van der Waals surface area contributed by atoms with Crippen LogP contribution in [0.4, 0.5) is 4.79 Å². The van der Waals surface area contributed by atoms with E-state index in [0.717, 1.165) is 45.3 Å². The fourth-order valence-corrected chi connectivity index (χ4v) is 2.41. The number of carbonyl (C=O) groups excluding carboxylic acids is 1. The summed E-state index contributed by atoms with van der Waals surface area (Å²) in [5, 5.41) is 6.46. The Morgan fingerprint density at radius 1 is 1.44 bits per heavy atom. The third kappa shape index (κ3) is 2.67. The molecule has 1 atom stereocenters. The molecule has 0 aromatic carbocycles. The highest BCUT2D eigenvalue weighted by Crippen LogP contribution is 2.19. The maximum absolute atomic E-state index is 12.1. The van der Waals surface area contributed by atoms with Crippen LogP contribution in [0.5, 0.6) is 0 Å². The van der Waals surface area contributed by atoms with Gasteiger partial charge < -0.3 is 15.5 Å². The summed E-state index contributed by atoms with van der Waals surface area (Å²) in [5.41, 5.74) is 0. The van der Waals surface area contributed by atoms with Crippen LogP contribution in [0.3, 0.4) is 0 Å². The van der Waals surface area contributed by atoms with Gasteiger partial charge in [-0.25, -0.2) is 4.79 Å². The van der Waals surface area contributed by atoms with Crippen LogP contribution in [-0.4, -0.2) is 42.6 Å². The normalized spacial score (nSPS) is 25.2. The van der Waals surface area contributed by atoms with Crippen molar-refractivity contribution in [3.8, 4) is 0 Å². The predicted octanol–water partition coefficient (Wildman–Crippen LogP) is 1.32. The number of urea groups is 1. The lowest BCUT2D eigenvalue weighted by molar-refractivity contribution is 0.168. The molecule has 2 N–H and O–H groups in total. The van der Waals surface area contributed by atoms with Crippen molar-refractivity contribution in [2.45, 2.75) is 51.1 Å². The Morgan fingerprint density at radius 2 is 2.25 bits per heavy atom. The third-order valence-electron chi connectivity index (χ3n) is 3.63. The van der Waals surface area contributed by atoms with Crippen molar-refractivity contribution in [2.75, 3.05) is 19.6 Å². The second-order valence-corrected chi connectivity index (χ2v) is 4.92. The van der Waals surface area contributed by atoms with E-state index in [2.05, 4.69) is 17.6 Å². The van der Waals surface area contributed by atoms with E-state index in [4.69, 9.17) is 0 Å². The molecule has 2 amide bonds. The molecular formula is C12H23N3O. The Morgan fingerprint density at radius 3 is 2.75 bits per heavy atom. The standard InChI is InChI=1S/C12H23N3O/c1-2-8-15(11-6-7-13-9-11)12(16)14-10-4-3-5-10/h10-11,13H,2-9H2,1H3,(H,14,16). The fourth-order valence-electron chi connectivity index (χ4n) is 2.41. The summed E-state index contributed by atoms with van der Waals surface area (Å²) in [6.45, 7) is 5.01. The monoisotopic (exact) mass is 225 g/mol. The van der Waals surface area contributed by atoms with Crippen LogP contribution in [-0.2, 0) is 0 Å². The summed E-state index contributed by atoms with van der Waals surface area (Å²) in [7, 11) is 0. The van der Waals surface area contributed by atoms with Crippen LogP contribution in [0.2, 0.25) is 0 Å². The number of nitrogens with one attached hydrogen (secondary N) is 2. The Balaban J connectivity index is 1.85. The van der Waals surface area contributed by atoms with E-state index >= 15 is 0 Å². The van der Waals surface area contributed by atoms with Crippen LogP contribution >= 0.6 is 0 Å². The number of nitrogens with zero attached hydrogens (tertiary/aromatic N) is 1. The molecule has 4 heteroatoms. The molecule has 2 aliphatic rings. The van der Waals surface area contributed by atoms with E-state index in [0.29, 0.717) is 12.1 Å². The minimum Gasteiger partial charge on any atom is -0.335 e. The van der Waals surface area contributed by atoms with E-state index in [1.54, 1.807) is 0 Å². The first-order valence-electron chi connectivity index (χ1n) is 6.59. The summed E-state index contributed by atoms with van der Waals surface area (Å²) < 4.78 is 0. The second kappa shape index (κ2) is 5.53. The van der Waals surface area contributed by atoms with Crippen LogP contribution in [0.25, 0.3) is 0 Å². The number of hydrogen-bond donors (Lipinski definition) is 2. The van der Waals surface area contributed by atoms with E-state index in [1.165, 1.54) is 6.42 Å². The maximum atomic E-state index is 12.1. The van der Waals surface area contributed by atoms with Gasteiger partial charge >= 0.3 is 6.03 Å². The van der Waals surface area contributed by atoms with Gasteiger partial charge in [-0.05, 0) is 38.6 Å². The predicted molar refractivity (Wildman–Crippen MR) is 64.4 cm³/mol. The molecule has 0 spiro atoms. The van der Waals surface area contributed by atoms with Gasteiger partial charge in [-0.3, -0.25) is 0 Å². The fraction of sp³-hybridized carbons (Fsp3) is 0.917. The highest BCUT2D eigenvalue weighted by Gasteiger charge is 2.28. The highest BCUT2D eigenvalue weighted by atomic mass is 16.2. The zero-order valence-electron chi connectivity index (χ0n) is 10.2. The summed E-state index contributed by atoms with van der Waals surface area (Å²) >= 11 is 0. The number of rotatable bonds is 4. The summed E-state index contributed by atoms with van der Waals surface area (Å²) in [6, 6.07) is 1.00. The lowest BCUT2D eigenvalue weighted by Crippen LogP contribution is -2.51. The van der Waals surface area contributed by atoms with Crippen LogP contribution in [0, 0.1) is 0 Å². The van der Waals surface area contributed by atoms with E-state index in [-0.39, 0.29) is 6.03 Å². The van der Waals surface area contributed by atoms with Crippen molar-refractivity contribution >= 4 is 6.03 Å². The first kappa shape index (κ1) is 11.7. The molecule has 1 saturated carbocycles. The van der Waals surface area contributed by atoms with Gasteiger partial charge in [0, 0.05) is 25.2 Å². The molecule has 1 saturated heterocycles. The zero-order valence-corrected chi connectivity index (χ0v) is 10.2. The Bertz CT molecular complexity index is 234. The molecule has 16 heavy (non-hydrogen) atoms. The number of hydrogen-bond acceptors (Lipinski definition) is 2. The van der Waals surface area contributed by atoms with Crippen LogP contribution in [0.15, 0.2) is 0 Å². The third-order valence-corrected chi connectivity index (χ3v) is 3.63. The van der Waals surface area contributed by atoms with Crippen molar-refractivity contribution in [3.05, 3.63) is 0 Å². The van der Waals surface area contributed by atoms with E-state index < -0.39 is 0 Å². The summed E-state index contributed by atoms with van der Waals surface area (Å²) in [6.07, 6.45) is 5.72. The van der Waals surface area contributed by atoms with Crippen molar-refractivity contribution in [3.63, 3.8) is 0 Å². The molecule has 1 aliphatic carbocycles. The zero-order chi connectivity index (χ0) is 11.4. The lowest BCUT2D eigenvalue weighted by Gasteiger charge is -2.33. The Hall–Kier alpha value is -0.770. The molecule has 0 bridgehead atoms. The first-order valence-corrected chi connectivity index (χ1v) is 6.59. The average Bonchev–Trinajstić information content (AvgIpc) is 2.72. The highest BCUT2D eigenvalue weighted by molar-refractivity contribution is 5.75. The van der Waals surface area contributed by atoms with Crippen molar-refractivity contribution in [2.24, 2.45) is 0 Å². The second-order valence-electron chi connectivity index (χ2n) is 4.92. The van der Waals surface area contributed by atoms with Gasteiger partial charge in [-0.1, -0.05) is 6.92 Å². The SMILES string of the molecule is CCCN(C(=O)NC1CCC1)C1CCNC1. The van der Waals surface area contributed by atoms with Gasteiger partial charge in [0.2, 0.25) is 0 Å². The van der Waals surface area contributed by atoms with Gasteiger partial charge in [0.1, 0.15) is 0 Å². The molecule has 0 aromatic rings. The molecule has 4 nitrogen and oxygen atoms in total. The molecule has 1 aliphatic heterocycles. The van der Waals surface area contributed by atoms with Crippen molar-refractivity contribution in [1.82, 2.24) is 15.5 Å². The molecule has 1 unspecified atom stereocenters. The topological polar surface area (TPSA) is 44.4 Å². The van der Waals surface area contributed by atoms with Crippen LogP contribution < -0.4 is 10.6 Å². The molecular weight excluding hydrogens is 202 g/mol. The molecule has 2 rings (SSSR count). The van der Waals surface area contributed by atoms with Gasteiger partial charge in [0.25, 0.3) is 0 Å². The quantitative estimate of drug-likeness (QED) is 0.758. The van der Waals surface area contributed by atoms with Crippen LogP contribution in [0.1, 0.15) is 39.0 Å². The smallest absolute Gasteiger partial charge is 0.317 e. The van der Waals surface area contributed by atoms with Gasteiger partial charge in [-0.15, -0.1) is 0 Å². The Labute approximate surface area is 97.8 Å². The molecule has 1 heterocycles. The van der Waals surface area contributed by atoms with Gasteiger partial charge in [0.15, 0.2) is 0 Å². The molecule has 0 aromatic heterocycles. The number of carbonyl (C=O) groups is 1. The van der Waals surface area contributed by atoms with Gasteiger partial charge in [-0.2, -0.15) is 0 Å². The first-order chi connectivity index (χ1) is 7.81. The lowest BCUT2D eigenvalue weighted by atomic mass is 9.93. The minimum absolute atomic E-state index is 0.153. The minimum atomic E-state index is 0.153. The van der Waals surface area contributed by atoms with E-state index in [9.17, 15) is 4.79 Å². The van der Waals surface area contributed by atoms with Gasteiger partial charge in [0.05, 0.1) is 0 Å².